The molecule has 128 valence electrons. The third kappa shape index (κ3) is 1.08. The largest absolute Gasteiger partial charge is 0.449 e. The number of methoxy groups -OCH3 is 1. The van der Waals surface area contributed by atoms with E-state index in [0.29, 0.717) is 12.1 Å². The number of piperidine rings is 1. The highest BCUT2D eigenvalue weighted by atomic mass is 16.6. The van der Waals surface area contributed by atoms with Crippen molar-refractivity contribution in [2.75, 3.05) is 20.3 Å². The van der Waals surface area contributed by atoms with Crippen molar-refractivity contribution in [3.05, 3.63) is 11.3 Å². The molecule has 0 aromatic rings. The van der Waals surface area contributed by atoms with Gasteiger partial charge in [0.1, 0.15) is 12.3 Å². The number of Topliss-reactive ketones (excluding diaryl/α,β-unsaturated/α-hetero) is 2. The minimum Gasteiger partial charge on any atom is -0.449 e. The molecule has 5 heterocycles. The minimum atomic E-state index is -1.04. The van der Waals surface area contributed by atoms with Gasteiger partial charge in [0.25, 0.3) is 0 Å². The Kier molecular flexibility index (Phi) is 2.29. The van der Waals surface area contributed by atoms with Crippen LogP contribution in [0, 0.1) is 11.8 Å². The Labute approximate surface area is 137 Å². The topological polar surface area (TPSA) is 128 Å². The molecule has 6 bridgehead atoms. The number of piperazine rings is 1. The third-order valence-electron chi connectivity index (χ3n) is 6.68. The summed E-state index contributed by atoms with van der Waals surface area (Å²) in [7, 11) is 1.57. The van der Waals surface area contributed by atoms with Crippen LogP contribution >= 0.6 is 0 Å². The number of nitrogens with two attached hydrogens (primary N) is 2. The van der Waals surface area contributed by atoms with Crippen molar-refractivity contribution in [3.63, 3.8) is 0 Å². The number of ether oxygens (including phenoxy) is 2. The molecule has 6 rings (SSSR count). The van der Waals surface area contributed by atoms with E-state index in [1.165, 1.54) is 0 Å². The highest BCUT2D eigenvalue weighted by molar-refractivity contribution is 6.18. The molecule has 0 saturated carbocycles. The molecule has 6 aliphatic rings. The smallest absolute Gasteiger partial charge is 0.404 e. The maximum absolute atomic E-state index is 13.2. The highest BCUT2D eigenvalue weighted by Crippen LogP contribution is 2.75. The summed E-state index contributed by atoms with van der Waals surface area (Å²) in [5.74, 6) is -1.61. The van der Waals surface area contributed by atoms with Gasteiger partial charge in [0.2, 0.25) is 0 Å². The predicted molar refractivity (Wildman–Crippen MR) is 78.0 cm³/mol. The van der Waals surface area contributed by atoms with E-state index in [0.717, 1.165) is 0 Å². The molecule has 2 unspecified atom stereocenters. The number of allylic oxidation sites excluding steroid dienone is 1. The zero-order chi connectivity index (χ0) is 17.2. The van der Waals surface area contributed by atoms with Crippen LogP contribution in [0.1, 0.15) is 6.92 Å². The van der Waals surface area contributed by atoms with Gasteiger partial charge in [0.15, 0.2) is 17.2 Å². The van der Waals surface area contributed by atoms with Crippen molar-refractivity contribution in [2.45, 2.75) is 30.4 Å². The molecule has 1 spiro atoms. The fourth-order valence-corrected chi connectivity index (χ4v) is 5.98. The molecule has 0 radical (unpaired) electrons. The van der Waals surface area contributed by atoms with Gasteiger partial charge in [-0.25, -0.2) is 9.69 Å². The van der Waals surface area contributed by atoms with E-state index in [1.807, 2.05) is 4.90 Å². The molecule has 9 nitrogen and oxygen atoms in total. The van der Waals surface area contributed by atoms with Crippen molar-refractivity contribution in [1.82, 2.24) is 9.80 Å². The second-order valence-electron chi connectivity index (χ2n) is 7.16. The number of primary amides is 1. The maximum Gasteiger partial charge on any atom is 0.404 e. The summed E-state index contributed by atoms with van der Waals surface area (Å²) in [4.78, 5) is 41.4. The van der Waals surface area contributed by atoms with Crippen molar-refractivity contribution in [3.8, 4) is 0 Å². The minimum absolute atomic E-state index is 0.00435. The number of carbonyl (C=O) groups excluding carboxylic acids is 3. The van der Waals surface area contributed by atoms with Crippen LogP contribution in [-0.2, 0) is 19.1 Å². The summed E-state index contributed by atoms with van der Waals surface area (Å²) in [6, 6.07) is 0.221. The summed E-state index contributed by atoms with van der Waals surface area (Å²) in [6.07, 6.45) is -0.914. The van der Waals surface area contributed by atoms with Gasteiger partial charge in [-0.15, -0.1) is 0 Å². The number of nitrogens with zero attached hydrogens (tertiary/aromatic N) is 2. The summed E-state index contributed by atoms with van der Waals surface area (Å²) >= 11 is 0. The van der Waals surface area contributed by atoms with E-state index in [4.69, 9.17) is 20.9 Å². The monoisotopic (exact) mass is 334 g/mol. The first-order valence-electron chi connectivity index (χ1n) is 7.94. The second-order valence-corrected chi connectivity index (χ2v) is 7.16. The fraction of sp³-hybridized carbons (Fsp3) is 0.667. The van der Waals surface area contributed by atoms with E-state index in [9.17, 15) is 14.4 Å². The molecule has 5 aliphatic heterocycles. The Morgan fingerprint density at radius 3 is 2.71 bits per heavy atom. The molecule has 5 fully saturated rings. The van der Waals surface area contributed by atoms with Gasteiger partial charge in [-0.3, -0.25) is 14.5 Å². The van der Waals surface area contributed by atoms with Crippen molar-refractivity contribution < 1.29 is 23.9 Å². The molecular formula is C15H18N4O5. The van der Waals surface area contributed by atoms with E-state index >= 15 is 0 Å². The average molecular weight is 334 g/mol. The van der Waals surface area contributed by atoms with E-state index < -0.39 is 29.3 Å². The van der Waals surface area contributed by atoms with Crippen molar-refractivity contribution in [2.24, 2.45) is 23.3 Å². The SMILES string of the molecule is CO[C@]12[C@H](COC(N)=O)[C@H]3C(=O)C(N)=C(C)C(=O)[C@]34N3[C@H](CN14)[C@H]32. The van der Waals surface area contributed by atoms with Crippen LogP contribution < -0.4 is 11.5 Å². The van der Waals surface area contributed by atoms with Crippen LogP contribution in [0.15, 0.2) is 11.3 Å². The molecule has 1 amide bonds. The standard InChI is InChI=1S/C15H18N4O5/c1-5-9(16)10(20)8-6(4-24-13(17)22)15(23-2)11-7-3-18(15)14(8,12(5)21)19(7)11/h6-8,11H,3-4,16H2,1-2H3,(H2,17,22)/t6-,7-,8+,11+,14-,15+,19?/m1/s1. The lowest BCUT2D eigenvalue weighted by Gasteiger charge is -2.40. The van der Waals surface area contributed by atoms with Crippen molar-refractivity contribution >= 4 is 17.7 Å². The Balaban J connectivity index is 1.70. The molecule has 5 saturated heterocycles. The van der Waals surface area contributed by atoms with Crippen LogP contribution in [0.4, 0.5) is 4.79 Å². The Morgan fingerprint density at radius 1 is 1.42 bits per heavy atom. The third-order valence-corrected chi connectivity index (χ3v) is 6.68. The van der Waals surface area contributed by atoms with Crippen LogP contribution in [-0.4, -0.2) is 71.2 Å². The summed E-state index contributed by atoms with van der Waals surface area (Å²) in [6.45, 7) is 2.18. The van der Waals surface area contributed by atoms with E-state index in [1.54, 1.807) is 14.0 Å². The lowest BCUT2D eigenvalue weighted by Crippen LogP contribution is -2.61. The zero-order valence-electron chi connectivity index (χ0n) is 13.3. The molecule has 4 N–H and O–H groups in total. The zero-order valence-corrected chi connectivity index (χ0v) is 13.3. The van der Waals surface area contributed by atoms with Gasteiger partial charge >= 0.3 is 6.09 Å². The molecule has 24 heavy (non-hydrogen) atoms. The maximum atomic E-state index is 13.2. The Bertz CT molecular complexity index is 765. The number of carbonyl (C=O) groups is 3. The first-order chi connectivity index (χ1) is 11.3. The van der Waals surface area contributed by atoms with Crippen LogP contribution in [0.3, 0.4) is 0 Å². The number of rotatable bonds is 3. The summed E-state index contributed by atoms with van der Waals surface area (Å²) in [5, 5.41) is 0. The number of ketones is 2. The van der Waals surface area contributed by atoms with Crippen LogP contribution in [0.5, 0.6) is 0 Å². The van der Waals surface area contributed by atoms with Gasteiger partial charge in [-0.05, 0) is 6.92 Å². The number of hydrogen-bond donors (Lipinski definition) is 2. The fourth-order valence-electron chi connectivity index (χ4n) is 5.98. The Hall–Kier alpha value is -1.97. The average Bonchev–Trinajstić information content (AvgIpc) is 2.87. The molecular weight excluding hydrogens is 316 g/mol. The number of hydrogen-bond acceptors (Lipinski definition) is 8. The first kappa shape index (κ1) is 14.4. The lowest BCUT2D eigenvalue weighted by molar-refractivity contribution is -0.141. The van der Waals surface area contributed by atoms with E-state index in [-0.39, 0.29) is 36.0 Å². The molecule has 0 aromatic heterocycles. The quantitative estimate of drug-likeness (QED) is 0.575. The van der Waals surface area contributed by atoms with Crippen molar-refractivity contribution in [1.29, 1.82) is 0 Å². The highest BCUT2D eigenvalue weighted by Gasteiger charge is 2.95. The summed E-state index contributed by atoms with van der Waals surface area (Å²) in [5.41, 5.74) is 9.46. The van der Waals surface area contributed by atoms with Gasteiger partial charge < -0.3 is 20.9 Å². The molecule has 0 aromatic carbocycles. The second kappa shape index (κ2) is 3.81. The number of amides is 1. The molecule has 8 atom stereocenters. The van der Waals surface area contributed by atoms with Gasteiger partial charge in [0.05, 0.1) is 23.6 Å². The predicted octanol–water partition coefficient (Wildman–Crippen LogP) is -1.87. The Morgan fingerprint density at radius 2 is 2.12 bits per heavy atom. The molecule has 1 aliphatic carbocycles. The van der Waals surface area contributed by atoms with Gasteiger partial charge in [-0.1, -0.05) is 0 Å². The lowest BCUT2D eigenvalue weighted by atomic mass is 9.69. The van der Waals surface area contributed by atoms with Crippen LogP contribution in [0.25, 0.3) is 0 Å². The van der Waals surface area contributed by atoms with Crippen LogP contribution in [0.2, 0.25) is 0 Å². The van der Waals surface area contributed by atoms with E-state index in [2.05, 4.69) is 4.90 Å². The first-order valence-corrected chi connectivity index (χ1v) is 7.94. The summed E-state index contributed by atoms with van der Waals surface area (Å²) < 4.78 is 10.9. The van der Waals surface area contributed by atoms with Gasteiger partial charge in [-0.2, -0.15) is 0 Å². The molecule has 9 heteroatoms. The van der Waals surface area contributed by atoms with Gasteiger partial charge in [0, 0.05) is 25.3 Å². The normalized spacial score (nSPS) is 52.8.